The molecule has 0 fully saturated rings. The van der Waals surface area contributed by atoms with Crippen LogP contribution in [0.25, 0.3) is 0 Å². The number of hydrogen-bond acceptors (Lipinski definition) is 4. The zero-order valence-electron chi connectivity index (χ0n) is 11.6. The summed E-state index contributed by atoms with van der Waals surface area (Å²) in [6, 6.07) is 0. The van der Waals surface area contributed by atoms with Crippen LogP contribution < -0.4 is 0 Å². The first-order valence-electron chi connectivity index (χ1n) is 6.19. The van der Waals surface area contributed by atoms with E-state index in [-0.39, 0.29) is 0 Å². The number of likely N-dealkylation sites (N-methyl/N-ethyl adjacent to an activating group) is 1. The highest BCUT2D eigenvalue weighted by molar-refractivity contribution is 7.10. The number of halogens is 2. The van der Waals surface area contributed by atoms with E-state index >= 15 is 0 Å². The number of nitrogens with zero attached hydrogens (tertiary/aromatic N) is 3. The van der Waals surface area contributed by atoms with E-state index in [2.05, 4.69) is 5.10 Å². The number of aromatic nitrogens is 2. The number of aliphatic hydroxyl groups is 1. The molecule has 110 valence electrons. The van der Waals surface area contributed by atoms with Crippen molar-refractivity contribution in [2.75, 3.05) is 20.6 Å². The highest BCUT2D eigenvalue weighted by Gasteiger charge is 2.24. The van der Waals surface area contributed by atoms with Gasteiger partial charge in [-0.2, -0.15) is 5.10 Å². The molecule has 0 radical (unpaired) electrons. The van der Waals surface area contributed by atoms with E-state index in [1.54, 1.807) is 10.9 Å². The third-order valence-corrected chi connectivity index (χ3v) is 5.08. The molecule has 0 aromatic carbocycles. The molecular formula is C13H17Cl2N3OS. The van der Waals surface area contributed by atoms with Crippen molar-refractivity contribution < 1.29 is 5.11 Å². The lowest BCUT2D eigenvalue weighted by molar-refractivity contribution is 0.209. The smallest absolute Gasteiger partial charge is 0.133 e. The molecule has 20 heavy (non-hydrogen) atoms. The predicted octanol–water partition coefficient (Wildman–Crippen LogP) is 3.20. The zero-order valence-corrected chi connectivity index (χ0v) is 13.9. The summed E-state index contributed by atoms with van der Waals surface area (Å²) in [6.45, 7) is 3.39. The van der Waals surface area contributed by atoms with Gasteiger partial charge in [-0.15, -0.1) is 11.3 Å². The van der Waals surface area contributed by atoms with Gasteiger partial charge in [-0.25, -0.2) is 0 Å². The summed E-state index contributed by atoms with van der Waals surface area (Å²) < 4.78 is 1.73. The lowest BCUT2D eigenvalue weighted by atomic mass is 10.2. The molecule has 7 heteroatoms. The van der Waals surface area contributed by atoms with Crippen molar-refractivity contribution >= 4 is 34.5 Å². The lowest BCUT2D eigenvalue weighted by Crippen LogP contribution is -2.21. The number of hydrogen-bond donors (Lipinski definition) is 1. The number of aliphatic hydroxyl groups excluding tert-OH is 1. The molecule has 4 nitrogen and oxygen atoms in total. The van der Waals surface area contributed by atoms with E-state index in [1.165, 1.54) is 11.3 Å². The summed E-state index contributed by atoms with van der Waals surface area (Å²) in [5, 5.41) is 17.8. The third-order valence-electron chi connectivity index (χ3n) is 3.02. The van der Waals surface area contributed by atoms with Gasteiger partial charge in [-0.05, 0) is 32.0 Å². The van der Waals surface area contributed by atoms with Gasteiger partial charge in [0.15, 0.2) is 0 Å². The highest BCUT2D eigenvalue weighted by atomic mass is 35.5. The Hall–Kier alpha value is -0.590. The molecule has 0 saturated heterocycles. The Balaban J connectivity index is 2.31. The molecule has 0 bridgehead atoms. The summed E-state index contributed by atoms with van der Waals surface area (Å²) >= 11 is 13.8. The molecule has 0 spiro atoms. The molecule has 1 atom stereocenters. The van der Waals surface area contributed by atoms with Gasteiger partial charge in [0.2, 0.25) is 0 Å². The molecule has 0 aliphatic carbocycles. The van der Waals surface area contributed by atoms with Crippen LogP contribution in [0.5, 0.6) is 0 Å². The largest absolute Gasteiger partial charge is 0.381 e. The molecule has 0 aliphatic heterocycles. The first-order valence-corrected chi connectivity index (χ1v) is 7.82. The second-order valence-electron chi connectivity index (χ2n) is 4.90. The molecule has 0 aliphatic rings. The fourth-order valence-corrected chi connectivity index (χ4v) is 3.40. The molecule has 2 aromatic heterocycles. The summed E-state index contributed by atoms with van der Waals surface area (Å²) in [5.74, 6) is 0. The molecule has 0 amide bonds. The Labute approximate surface area is 132 Å². The minimum atomic E-state index is -0.849. The Morgan fingerprint density at radius 2 is 2.15 bits per heavy atom. The Kier molecular flexibility index (Phi) is 5.09. The summed E-state index contributed by atoms with van der Waals surface area (Å²) in [7, 11) is 3.97. The van der Waals surface area contributed by atoms with E-state index < -0.39 is 6.10 Å². The molecule has 1 unspecified atom stereocenters. The molecule has 1 N–H and O–H groups in total. The molecular weight excluding hydrogens is 317 g/mol. The van der Waals surface area contributed by atoms with Crippen molar-refractivity contribution in [3.63, 3.8) is 0 Å². The summed E-state index contributed by atoms with van der Waals surface area (Å²) in [5.41, 5.74) is 1.55. The van der Waals surface area contributed by atoms with Crippen molar-refractivity contribution in [3.8, 4) is 0 Å². The lowest BCUT2D eigenvalue weighted by Gasteiger charge is -2.15. The second-order valence-corrected chi connectivity index (χ2v) is 6.60. The third kappa shape index (κ3) is 3.18. The fraction of sp³-hybridized carbons (Fsp3) is 0.462. The monoisotopic (exact) mass is 333 g/mol. The topological polar surface area (TPSA) is 41.3 Å². The van der Waals surface area contributed by atoms with E-state index in [4.69, 9.17) is 23.2 Å². The SMILES string of the molecule is Cc1csc(C(O)c2c(Cl)cnn2CCN(C)C)c1Cl. The quantitative estimate of drug-likeness (QED) is 0.913. The average Bonchev–Trinajstić information content (AvgIpc) is 2.91. The Morgan fingerprint density at radius 3 is 2.70 bits per heavy atom. The molecule has 2 rings (SSSR count). The fourth-order valence-electron chi connectivity index (χ4n) is 1.88. The number of aryl methyl sites for hydroxylation is 1. The van der Waals surface area contributed by atoms with E-state index in [0.717, 1.165) is 12.1 Å². The van der Waals surface area contributed by atoms with Gasteiger partial charge in [0, 0.05) is 6.54 Å². The van der Waals surface area contributed by atoms with Gasteiger partial charge >= 0.3 is 0 Å². The van der Waals surface area contributed by atoms with Crippen LogP contribution in [0.15, 0.2) is 11.6 Å². The van der Waals surface area contributed by atoms with Crippen LogP contribution in [0.1, 0.15) is 22.2 Å². The van der Waals surface area contributed by atoms with Crippen molar-refractivity contribution in [1.29, 1.82) is 0 Å². The van der Waals surface area contributed by atoms with Crippen molar-refractivity contribution in [2.45, 2.75) is 19.6 Å². The maximum absolute atomic E-state index is 10.6. The van der Waals surface area contributed by atoms with Gasteiger partial charge in [-0.3, -0.25) is 4.68 Å². The van der Waals surface area contributed by atoms with E-state index in [1.807, 2.05) is 31.3 Å². The Bertz CT molecular complexity index is 594. The average molecular weight is 334 g/mol. The van der Waals surface area contributed by atoms with Gasteiger partial charge in [-0.1, -0.05) is 23.2 Å². The highest BCUT2D eigenvalue weighted by Crippen LogP contribution is 2.37. The minimum absolute atomic E-state index is 0.457. The maximum atomic E-state index is 10.6. The van der Waals surface area contributed by atoms with Crippen LogP contribution >= 0.6 is 34.5 Å². The number of rotatable bonds is 5. The first-order chi connectivity index (χ1) is 9.41. The molecule has 0 saturated carbocycles. The van der Waals surface area contributed by atoms with Crippen LogP contribution in [-0.2, 0) is 6.54 Å². The number of thiophene rings is 1. The first kappa shape index (κ1) is 15.8. The predicted molar refractivity (Wildman–Crippen MR) is 83.9 cm³/mol. The van der Waals surface area contributed by atoms with Crippen LogP contribution in [-0.4, -0.2) is 40.4 Å². The van der Waals surface area contributed by atoms with Crippen LogP contribution in [0, 0.1) is 6.92 Å². The van der Waals surface area contributed by atoms with Crippen LogP contribution in [0.2, 0.25) is 10.0 Å². The van der Waals surface area contributed by atoms with Gasteiger partial charge in [0.1, 0.15) is 6.10 Å². The standard InChI is InChI=1S/C13H17Cl2N3OS/c1-8-7-20-13(10(8)15)12(19)11-9(14)6-16-18(11)5-4-17(2)3/h6-7,12,19H,4-5H2,1-3H3. The molecule has 2 heterocycles. The second kappa shape index (κ2) is 6.45. The van der Waals surface area contributed by atoms with Crippen LogP contribution in [0.3, 0.4) is 0 Å². The van der Waals surface area contributed by atoms with E-state index in [9.17, 15) is 5.11 Å². The van der Waals surface area contributed by atoms with Crippen LogP contribution in [0.4, 0.5) is 0 Å². The van der Waals surface area contributed by atoms with Crippen molar-refractivity contribution in [2.24, 2.45) is 0 Å². The zero-order chi connectivity index (χ0) is 14.9. The van der Waals surface area contributed by atoms with Gasteiger partial charge in [0.05, 0.1) is 33.4 Å². The van der Waals surface area contributed by atoms with E-state index in [0.29, 0.717) is 27.2 Å². The maximum Gasteiger partial charge on any atom is 0.133 e. The molecule has 2 aromatic rings. The normalized spacial score (nSPS) is 13.2. The summed E-state index contributed by atoms with van der Waals surface area (Å²) in [4.78, 5) is 2.76. The Morgan fingerprint density at radius 1 is 1.45 bits per heavy atom. The van der Waals surface area contributed by atoms with Crippen molar-refractivity contribution in [1.82, 2.24) is 14.7 Å². The van der Waals surface area contributed by atoms with Gasteiger partial charge < -0.3 is 10.0 Å². The minimum Gasteiger partial charge on any atom is -0.381 e. The van der Waals surface area contributed by atoms with Crippen molar-refractivity contribution in [3.05, 3.63) is 37.8 Å². The summed E-state index contributed by atoms with van der Waals surface area (Å²) in [6.07, 6.45) is 0.711. The van der Waals surface area contributed by atoms with Gasteiger partial charge in [0.25, 0.3) is 0 Å².